The lowest BCUT2D eigenvalue weighted by Gasteiger charge is -2.26. The van der Waals surface area contributed by atoms with Crippen molar-refractivity contribution in [1.82, 2.24) is 0 Å². The Morgan fingerprint density at radius 1 is 0.220 bits per heavy atom. The van der Waals surface area contributed by atoms with Gasteiger partial charge in [-0.1, -0.05) is 206 Å². The van der Waals surface area contributed by atoms with Gasteiger partial charge in [-0.2, -0.15) is 0 Å². The van der Waals surface area contributed by atoms with E-state index in [0.29, 0.717) is 0 Å². The highest BCUT2D eigenvalue weighted by Gasteiger charge is 2.17. The summed E-state index contributed by atoms with van der Waals surface area (Å²) in [5.41, 5.74) is 17.8. The lowest BCUT2D eigenvalue weighted by molar-refractivity contribution is 1.28. The third-order valence-electron chi connectivity index (χ3n) is 11.3. The zero-order chi connectivity index (χ0) is 39.4. The third kappa shape index (κ3) is 7.23. The van der Waals surface area contributed by atoms with Gasteiger partial charge >= 0.3 is 0 Å². The summed E-state index contributed by atoms with van der Waals surface area (Å²) < 4.78 is 0. The topological polar surface area (TPSA) is 3.24 Å². The van der Waals surface area contributed by atoms with Gasteiger partial charge in [0, 0.05) is 17.1 Å². The second-order valence-electron chi connectivity index (χ2n) is 14.9. The summed E-state index contributed by atoms with van der Waals surface area (Å²) in [5, 5.41) is 2.48. The van der Waals surface area contributed by atoms with Gasteiger partial charge in [-0.3, -0.25) is 0 Å². The summed E-state index contributed by atoms with van der Waals surface area (Å²) in [4.78, 5) is 2.36. The van der Waals surface area contributed by atoms with Gasteiger partial charge < -0.3 is 4.90 Å². The highest BCUT2D eigenvalue weighted by molar-refractivity contribution is 6.04. The number of hydrogen-bond acceptors (Lipinski definition) is 1. The maximum atomic E-state index is 2.36. The number of anilines is 3. The van der Waals surface area contributed by atoms with Gasteiger partial charge in [-0.15, -0.1) is 0 Å². The molecule has 0 aromatic heterocycles. The Balaban J connectivity index is 1.05. The molecule has 0 N–H and O–H groups in total. The van der Waals surface area contributed by atoms with Crippen LogP contribution in [-0.2, 0) is 0 Å². The maximum Gasteiger partial charge on any atom is 0.0462 e. The molecule has 0 spiro atoms. The molecule has 0 atom stereocenters. The van der Waals surface area contributed by atoms with Crippen LogP contribution in [0.25, 0.3) is 77.5 Å². The maximum absolute atomic E-state index is 2.36. The average molecular weight is 752 g/mol. The summed E-state index contributed by atoms with van der Waals surface area (Å²) in [6.45, 7) is 0. The largest absolute Gasteiger partial charge is 0.311 e. The first-order valence-corrected chi connectivity index (χ1v) is 20.3. The lowest BCUT2D eigenvalue weighted by atomic mass is 9.89. The second-order valence-corrected chi connectivity index (χ2v) is 14.9. The van der Waals surface area contributed by atoms with Crippen molar-refractivity contribution in [2.24, 2.45) is 0 Å². The molecule has 0 saturated heterocycles. The van der Waals surface area contributed by atoms with Crippen LogP contribution in [0.5, 0.6) is 0 Å². The van der Waals surface area contributed by atoms with E-state index in [-0.39, 0.29) is 0 Å². The van der Waals surface area contributed by atoms with Crippen molar-refractivity contribution >= 4 is 27.8 Å². The molecular weight excluding hydrogens is 711 g/mol. The van der Waals surface area contributed by atoms with Gasteiger partial charge in [0.1, 0.15) is 0 Å². The Morgan fingerprint density at radius 2 is 0.593 bits per heavy atom. The molecule has 0 amide bonds. The number of nitrogens with zero attached hydrogens (tertiary/aromatic N) is 1. The van der Waals surface area contributed by atoms with Crippen molar-refractivity contribution in [3.05, 3.63) is 249 Å². The Bertz CT molecular complexity index is 2970. The zero-order valence-corrected chi connectivity index (χ0v) is 32.6. The predicted molar refractivity (Wildman–Crippen MR) is 251 cm³/mol. The molecule has 0 unspecified atom stereocenters. The molecule has 0 fully saturated rings. The SMILES string of the molecule is c1ccc(-c2ccc(N(c3ccc(-c4ccc(-c5ccccc5)c(-c5ccccc5)c4)cc3)c3ccc(-c4c(-c5ccccc5)ccc5ccccc45)cc3)cc2)cc1. The fraction of sp³-hybridized carbons (Fsp3) is 0. The Hall–Kier alpha value is -7.74. The van der Waals surface area contributed by atoms with E-state index < -0.39 is 0 Å². The number of benzene rings is 10. The Morgan fingerprint density at radius 3 is 1.14 bits per heavy atom. The van der Waals surface area contributed by atoms with Gasteiger partial charge in [0.15, 0.2) is 0 Å². The standard InChI is InChI=1S/C58H41N/c1-5-15-42(16-6-1)43-25-33-51(34-26-43)59(53-37-29-49(30-38-53)58-55-24-14-13-23-48(55)31-40-56(58)46-19-9-3-10-20-46)52-35-27-44(28-36-52)50-32-39-54(45-17-7-2-8-18-45)57(41-50)47-21-11-4-12-22-47/h1-41H. The predicted octanol–water partition coefficient (Wildman–Crippen LogP) is 16.3. The van der Waals surface area contributed by atoms with E-state index in [0.717, 1.165) is 17.1 Å². The first kappa shape index (κ1) is 35.7. The van der Waals surface area contributed by atoms with Crippen molar-refractivity contribution in [2.45, 2.75) is 0 Å². The van der Waals surface area contributed by atoms with Crippen molar-refractivity contribution in [3.63, 3.8) is 0 Å². The molecule has 1 heteroatoms. The molecule has 10 aromatic rings. The highest BCUT2D eigenvalue weighted by atomic mass is 15.1. The molecule has 0 aliphatic heterocycles. The Labute approximate surface area is 346 Å². The smallest absolute Gasteiger partial charge is 0.0462 e. The van der Waals surface area contributed by atoms with Crippen LogP contribution in [0, 0.1) is 0 Å². The summed E-state index contributed by atoms with van der Waals surface area (Å²) in [7, 11) is 0. The van der Waals surface area contributed by atoms with E-state index in [9.17, 15) is 0 Å². The van der Waals surface area contributed by atoms with Crippen LogP contribution in [-0.4, -0.2) is 0 Å². The van der Waals surface area contributed by atoms with E-state index in [1.807, 2.05) is 0 Å². The van der Waals surface area contributed by atoms with Gasteiger partial charge in [-0.05, 0) is 120 Å². The van der Waals surface area contributed by atoms with E-state index >= 15 is 0 Å². The Kier molecular flexibility index (Phi) is 9.68. The molecule has 0 saturated carbocycles. The van der Waals surface area contributed by atoms with E-state index in [1.54, 1.807) is 0 Å². The average Bonchev–Trinajstić information content (AvgIpc) is 3.33. The molecule has 0 aliphatic carbocycles. The molecule has 0 aliphatic rings. The van der Waals surface area contributed by atoms with Crippen LogP contribution in [0.2, 0.25) is 0 Å². The molecular formula is C58H41N. The van der Waals surface area contributed by atoms with E-state index in [2.05, 4.69) is 254 Å². The normalized spacial score (nSPS) is 11.1. The molecule has 278 valence electrons. The fourth-order valence-corrected chi connectivity index (χ4v) is 8.35. The van der Waals surface area contributed by atoms with Crippen molar-refractivity contribution in [1.29, 1.82) is 0 Å². The molecule has 0 heterocycles. The minimum atomic E-state index is 1.09. The van der Waals surface area contributed by atoms with Crippen LogP contribution in [0.15, 0.2) is 249 Å². The quantitative estimate of drug-likeness (QED) is 0.142. The van der Waals surface area contributed by atoms with Gasteiger partial charge in [0.05, 0.1) is 0 Å². The summed E-state index contributed by atoms with van der Waals surface area (Å²) in [5.74, 6) is 0. The highest BCUT2D eigenvalue weighted by Crippen LogP contribution is 2.42. The van der Waals surface area contributed by atoms with Crippen molar-refractivity contribution in [2.75, 3.05) is 4.90 Å². The van der Waals surface area contributed by atoms with E-state index in [1.165, 1.54) is 77.5 Å². The van der Waals surface area contributed by atoms with Gasteiger partial charge in [-0.25, -0.2) is 0 Å². The minimum absolute atomic E-state index is 1.09. The first-order chi connectivity index (χ1) is 29.3. The lowest BCUT2D eigenvalue weighted by Crippen LogP contribution is -2.09. The van der Waals surface area contributed by atoms with Gasteiger partial charge in [0.25, 0.3) is 0 Å². The third-order valence-corrected chi connectivity index (χ3v) is 11.3. The molecule has 1 nitrogen and oxygen atoms in total. The summed E-state index contributed by atoms with van der Waals surface area (Å²) in [6, 6.07) is 89.7. The molecule has 10 aromatic carbocycles. The fourth-order valence-electron chi connectivity index (χ4n) is 8.35. The molecule has 0 bridgehead atoms. The van der Waals surface area contributed by atoms with Crippen LogP contribution < -0.4 is 4.90 Å². The van der Waals surface area contributed by atoms with Crippen LogP contribution in [0.1, 0.15) is 0 Å². The van der Waals surface area contributed by atoms with Crippen LogP contribution in [0.4, 0.5) is 17.1 Å². The van der Waals surface area contributed by atoms with Crippen molar-refractivity contribution in [3.8, 4) is 66.8 Å². The molecule has 59 heavy (non-hydrogen) atoms. The monoisotopic (exact) mass is 751 g/mol. The second kappa shape index (κ2) is 16.0. The van der Waals surface area contributed by atoms with Crippen LogP contribution >= 0.6 is 0 Å². The summed E-state index contributed by atoms with van der Waals surface area (Å²) in [6.07, 6.45) is 0. The van der Waals surface area contributed by atoms with Crippen molar-refractivity contribution < 1.29 is 0 Å². The number of rotatable bonds is 9. The van der Waals surface area contributed by atoms with Gasteiger partial charge in [0.2, 0.25) is 0 Å². The number of fused-ring (bicyclic) bond motifs is 1. The zero-order valence-electron chi connectivity index (χ0n) is 32.6. The molecule has 0 radical (unpaired) electrons. The van der Waals surface area contributed by atoms with Crippen LogP contribution in [0.3, 0.4) is 0 Å². The minimum Gasteiger partial charge on any atom is -0.311 e. The number of hydrogen-bond donors (Lipinski definition) is 0. The summed E-state index contributed by atoms with van der Waals surface area (Å²) >= 11 is 0. The van der Waals surface area contributed by atoms with E-state index in [4.69, 9.17) is 0 Å². The molecule has 10 rings (SSSR count). The first-order valence-electron chi connectivity index (χ1n) is 20.3.